The summed E-state index contributed by atoms with van der Waals surface area (Å²) in [5.74, 6) is 0.000676. The van der Waals surface area contributed by atoms with Crippen LogP contribution in [0.4, 0.5) is 4.79 Å². The summed E-state index contributed by atoms with van der Waals surface area (Å²) in [6, 6.07) is 7.27. The Morgan fingerprint density at radius 2 is 2.10 bits per heavy atom. The largest absolute Gasteiger partial charge is 0.333 e. The van der Waals surface area contributed by atoms with Gasteiger partial charge in [-0.1, -0.05) is 36.2 Å². The van der Waals surface area contributed by atoms with Gasteiger partial charge in [0, 0.05) is 30.7 Å². The molecule has 2 atom stereocenters. The second-order valence-corrected chi connectivity index (χ2v) is 9.09. The SMILES string of the molecule is C=CCN1C(=O)NC(c2cccc(Cl)c2)C2=C1CN(CCCN1CCCCC1C)C2=O. The average molecular weight is 443 g/mol. The van der Waals surface area contributed by atoms with Crippen LogP contribution in [0.3, 0.4) is 0 Å². The summed E-state index contributed by atoms with van der Waals surface area (Å²) in [5, 5.41) is 3.58. The second-order valence-electron chi connectivity index (χ2n) is 8.66. The number of piperidine rings is 1. The number of carbonyl (C=O) groups excluding carboxylic acids is 2. The van der Waals surface area contributed by atoms with Crippen LogP contribution in [0.15, 0.2) is 48.2 Å². The predicted molar refractivity (Wildman–Crippen MR) is 123 cm³/mol. The molecule has 0 radical (unpaired) electrons. The molecular weight excluding hydrogens is 412 g/mol. The van der Waals surface area contributed by atoms with E-state index in [2.05, 4.69) is 23.7 Å². The molecular formula is C24H31ClN4O2. The minimum atomic E-state index is -0.484. The van der Waals surface area contributed by atoms with Gasteiger partial charge in [0.25, 0.3) is 5.91 Å². The van der Waals surface area contributed by atoms with E-state index in [-0.39, 0.29) is 11.9 Å². The zero-order valence-electron chi connectivity index (χ0n) is 18.1. The Morgan fingerprint density at radius 3 is 2.84 bits per heavy atom. The fraction of sp³-hybridized carbons (Fsp3) is 0.500. The van der Waals surface area contributed by atoms with Crippen LogP contribution in [-0.2, 0) is 4.79 Å². The summed E-state index contributed by atoms with van der Waals surface area (Å²) >= 11 is 6.19. The first-order chi connectivity index (χ1) is 15.0. The Balaban J connectivity index is 1.52. The van der Waals surface area contributed by atoms with Crippen LogP contribution in [0.25, 0.3) is 0 Å². The van der Waals surface area contributed by atoms with Crippen LogP contribution < -0.4 is 5.32 Å². The topological polar surface area (TPSA) is 55.9 Å². The number of halogens is 1. The minimum Gasteiger partial charge on any atom is -0.333 e. The van der Waals surface area contributed by atoms with E-state index in [9.17, 15) is 9.59 Å². The Bertz CT molecular complexity index is 899. The van der Waals surface area contributed by atoms with Crippen LogP contribution >= 0.6 is 11.6 Å². The van der Waals surface area contributed by atoms with E-state index in [1.54, 1.807) is 17.0 Å². The number of rotatable bonds is 7. The fourth-order valence-corrected chi connectivity index (χ4v) is 5.14. The van der Waals surface area contributed by atoms with Crippen molar-refractivity contribution in [3.63, 3.8) is 0 Å². The maximum absolute atomic E-state index is 13.4. The summed E-state index contributed by atoms with van der Waals surface area (Å²) in [4.78, 5) is 32.3. The monoisotopic (exact) mass is 442 g/mol. The van der Waals surface area contributed by atoms with Crippen molar-refractivity contribution < 1.29 is 9.59 Å². The van der Waals surface area contributed by atoms with E-state index in [1.807, 2.05) is 23.1 Å². The predicted octanol–water partition coefficient (Wildman–Crippen LogP) is 3.95. The Labute approximate surface area is 189 Å². The Kier molecular flexibility index (Phi) is 6.68. The van der Waals surface area contributed by atoms with Gasteiger partial charge < -0.3 is 15.1 Å². The Morgan fingerprint density at radius 1 is 1.26 bits per heavy atom. The molecule has 3 heterocycles. The summed E-state index contributed by atoms with van der Waals surface area (Å²) in [5.41, 5.74) is 2.25. The van der Waals surface area contributed by atoms with Crippen molar-refractivity contribution in [1.82, 2.24) is 20.0 Å². The number of nitrogens with one attached hydrogen (secondary N) is 1. The van der Waals surface area contributed by atoms with Gasteiger partial charge in [-0.05, 0) is 50.4 Å². The van der Waals surface area contributed by atoms with Crippen LogP contribution in [0, 0.1) is 0 Å². The third-order valence-electron chi connectivity index (χ3n) is 6.60. The zero-order valence-corrected chi connectivity index (χ0v) is 18.9. The molecule has 166 valence electrons. The third-order valence-corrected chi connectivity index (χ3v) is 6.84. The number of urea groups is 1. The lowest BCUT2D eigenvalue weighted by atomic mass is 9.95. The van der Waals surface area contributed by atoms with Gasteiger partial charge in [-0.25, -0.2) is 4.79 Å². The fourth-order valence-electron chi connectivity index (χ4n) is 4.94. The van der Waals surface area contributed by atoms with E-state index in [1.165, 1.54) is 19.3 Å². The minimum absolute atomic E-state index is 0.000676. The number of hydrogen-bond donors (Lipinski definition) is 1. The molecule has 2 unspecified atom stereocenters. The molecule has 0 aliphatic carbocycles. The summed E-state index contributed by atoms with van der Waals surface area (Å²) in [6.07, 6.45) is 6.44. The summed E-state index contributed by atoms with van der Waals surface area (Å²) in [6.45, 7) is 9.73. The van der Waals surface area contributed by atoms with E-state index in [4.69, 9.17) is 11.6 Å². The molecule has 1 aromatic carbocycles. The molecule has 31 heavy (non-hydrogen) atoms. The average Bonchev–Trinajstić information content (AvgIpc) is 3.07. The standard InChI is InChI=1S/C24H31ClN4O2/c1-3-11-29-20-16-28(14-7-13-27-12-5-4-8-17(27)2)23(30)21(20)22(26-24(29)31)18-9-6-10-19(25)15-18/h3,6,9-10,15,17,22H,1,4-5,7-8,11-14,16H2,2H3,(H,26,31). The number of amides is 3. The van der Waals surface area contributed by atoms with Gasteiger partial charge in [0.15, 0.2) is 0 Å². The van der Waals surface area contributed by atoms with Crippen molar-refractivity contribution in [3.05, 3.63) is 58.8 Å². The highest BCUT2D eigenvalue weighted by Gasteiger charge is 2.43. The van der Waals surface area contributed by atoms with Gasteiger partial charge in [-0.2, -0.15) is 0 Å². The lowest BCUT2D eigenvalue weighted by Gasteiger charge is -2.33. The highest BCUT2D eigenvalue weighted by atomic mass is 35.5. The summed E-state index contributed by atoms with van der Waals surface area (Å²) < 4.78 is 0. The van der Waals surface area contributed by atoms with Crippen molar-refractivity contribution >= 4 is 23.5 Å². The van der Waals surface area contributed by atoms with Gasteiger partial charge in [0.1, 0.15) is 0 Å². The molecule has 1 saturated heterocycles. The molecule has 0 aromatic heterocycles. The molecule has 1 fully saturated rings. The molecule has 0 bridgehead atoms. The number of carbonyl (C=O) groups is 2. The molecule has 4 rings (SSSR count). The van der Waals surface area contributed by atoms with Gasteiger partial charge in [-0.3, -0.25) is 9.69 Å². The highest BCUT2D eigenvalue weighted by molar-refractivity contribution is 6.30. The highest BCUT2D eigenvalue weighted by Crippen LogP contribution is 2.36. The molecule has 3 aliphatic rings. The normalized spacial score (nSPS) is 24.5. The number of nitrogens with zero attached hydrogens (tertiary/aromatic N) is 3. The molecule has 1 aromatic rings. The van der Waals surface area contributed by atoms with Crippen molar-refractivity contribution in [1.29, 1.82) is 0 Å². The van der Waals surface area contributed by atoms with Crippen LogP contribution in [0.1, 0.15) is 44.2 Å². The first kappa shape index (κ1) is 21.9. The van der Waals surface area contributed by atoms with E-state index in [0.717, 1.165) is 30.8 Å². The second kappa shape index (κ2) is 9.45. The molecule has 0 saturated carbocycles. The van der Waals surface area contributed by atoms with Crippen molar-refractivity contribution in [2.75, 3.05) is 32.7 Å². The van der Waals surface area contributed by atoms with E-state index < -0.39 is 6.04 Å². The van der Waals surface area contributed by atoms with Crippen LogP contribution in [0.5, 0.6) is 0 Å². The maximum Gasteiger partial charge on any atom is 0.322 e. The number of hydrogen-bond acceptors (Lipinski definition) is 3. The first-order valence-electron chi connectivity index (χ1n) is 11.2. The smallest absolute Gasteiger partial charge is 0.322 e. The molecule has 6 nitrogen and oxygen atoms in total. The maximum atomic E-state index is 13.4. The van der Waals surface area contributed by atoms with E-state index in [0.29, 0.717) is 36.3 Å². The third kappa shape index (κ3) is 4.51. The number of likely N-dealkylation sites (tertiary alicyclic amines) is 1. The first-order valence-corrected chi connectivity index (χ1v) is 11.6. The lowest BCUT2D eigenvalue weighted by molar-refractivity contribution is -0.125. The Hall–Kier alpha value is -2.31. The quantitative estimate of drug-likeness (QED) is 0.650. The number of benzene rings is 1. The van der Waals surface area contributed by atoms with Gasteiger partial charge >= 0.3 is 6.03 Å². The molecule has 1 N–H and O–H groups in total. The molecule has 7 heteroatoms. The lowest BCUT2D eigenvalue weighted by Crippen LogP contribution is -2.47. The van der Waals surface area contributed by atoms with E-state index >= 15 is 0 Å². The van der Waals surface area contributed by atoms with Crippen molar-refractivity contribution in [3.8, 4) is 0 Å². The van der Waals surface area contributed by atoms with Crippen LogP contribution in [-0.4, -0.2) is 65.4 Å². The molecule has 0 spiro atoms. The summed E-state index contributed by atoms with van der Waals surface area (Å²) in [7, 11) is 0. The van der Waals surface area contributed by atoms with Gasteiger partial charge in [0.2, 0.25) is 0 Å². The molecule has 3 aliphatic heterocycles. The molecule has 3 amide bonds. The zero-order chi connectivity index (χ0) is 22.0. The van der Waals surface area contributed by atoms with Crippen molar-refractivity contribution in [2.45, 2.75) is 44.7 Å². The van der Waals surface area contributed by atoms with Crippen LogP contribution in [0.2, 0.25) is 5.02 Å². The van der Waals surface area contributed by atoms with Crippen molar-refractivity contribution in [2.24, 2.45) is 0 Å². The van der Waals surface area contributed by atoms with Gasteiger partial charge in [-0.15, -0.1) is 6.58 Å². The van der Waals surface area contributed by atoms with Gasteiger partial charge in [0.05, 0.1) is 23.9 Å².